The van der Waals surface area contributed by atoms with Crippen LogP contribution < -0.4 is 29.2 Å². The second kappa shape index (κ2) is 12.6. The van der Waals surface area contributed by atoms with Crippen LogP contribution in [0.5, 0.6) is 23.0 Å². The molecule has 40 heavy (non-hydrogen) atoms. The highest BCUT2D eigenvalue weighted by Crippen LogP contribution is 2.37. The molecule has 11 heteroatoms. The van der Waals surface area contributed by atoms with Gasteiger partial charge in [0.1, 0.15) is 29.5 Å². The molecule has 9 nitrogen and oxygen atoms in total. The van der Waals surface area contributed by atoms with E-state index >= 15 is 0 Å². The number of amides is 4. The Morgan fingerprint density at radius 1 is 0.925 bits per heavy atom. The van der Waals surface area contributed by atoms with Crippen LogP contribution in [0.4, 0.5) is 14.9 Å². The van der Waals surface area contributed by atoms with Gasteiger partial charge in [0.25, 0.3) is 11.8 Å². The first-order chi connectivity index (χ1) is 19.2. The SMILES string of the molecule is CCOc1ccc(OCC)c(N2C(=O)NC(=O)/C(=C\c3cc(OC)c(OCc4cccc(F)c4)cc3Br)C2=O)c1. The number of halogens is 2. The van der Waals surface area contributed by atoms with Crippen molar-refractivity contribution in [2.75, 3.05) is 25.2 Å². The molecule has 0 aromatic heterocycles. The van der Waals surface area contributed by atoms with Gasteiger partial charge >= 0.3 is 6.03 Å². The molecule has 0 radical (unpaired) electrons. The predicted octanol–water partition coefficient (Wildman–Crippen LogP) is 5.64. The highest BCUT2D eigenvalue weighted by atomic mass is 79.9. The van der Waals surface area contributed by atoms with Crippen LogP contribution in [0.25, 0.3) is 6.08 Å². The van der Waals surface area contributed by atoms with Crippen molar-refractivity contribution >= 4 is 45.5 Å². The molecule has 208 valence electrons. The molecule has 0 aliphatic carbocycles. The van der Waals surface area contributed by atoms with Gasteiger partial charge in [0.15, 0.2) is 11.5 Å². The Balaban J connectivity index is 1.68. The molecule has 1 fully saturated rings. The second-order valence-electron chi connectivity index (χ2n) is 8.40. The average molecular weight is 613 g/mol. The number of hydrogen-bond acceptors (Lipinski definition) is 7. The molecule has 1 aliphatic heterocycles. The standard InChI is InChI=1S/C29H26BrFN2O7/c1-4-38-20-9-10-24(39-5-2)23(14-20)33-28(35)21(27(34)32-29(33)36)12-18-13-25(37-3)26(15-22(18)30)40-16-17-7-6-8-19(31)11-17/h6-15H,4-5,16H2,1-3H3,(H,32,34,36)/b21-12+. The first-order valence-electron chi connectivity index (χ1n) is 12.3. The fourth-order valence-corrected chi connectivity index (χ4v) is 4.40. The number of nitrogens with one attached hydrogen (secondary N) is 1. The summed E-state index contributed by atoms with van der Waals surface area (Å²) in [5, 5.41) is 2.21. The van der Waals surface area contributed by atoms with Crippen molar-refractivity contribution in [3.63, 3.8) is 0 Å². The van der Waals surface area contributed by atoms with Gasteiger partial charge in [-0.25, -0.2) is 14.1 Å². The number of barbiturate groups is 1. The largest absolute Gasteiger partial charge is 0.494 e. The summed E-state index contributed by atoms with van der Waals surface area (Å²) in [7, 11) is 1.44. The maximum Gasteiger partial charge on any atom is 0.336 e. The normalized spacial score (nSPS) is 14.3. The molecule has 1 aliphatic rings. The fraction of sp³-hybridized carbons (Fsp3) is 0.207. The van der Waals surface area contributed by atoms with Crippen molar-refractivity contribution in [3.05, 3.63) is 81.6 Å². The van der Waals surface area contributed by atoms with Crippen molar-refractivity contribution in [1.82, 2.24) is 5.32 Å². The molecule has 0 atom stereocenters. The minimum atomic E-state index is -0.917. The maximum absolute atomic E-state index is 13.6. The molecule has 1 N–H and O–H groups in total. The van der Waals surface area contributed by atoms with Crippen LogP contribution in [-0.2, 0) is 16.2 Å². The molecule has 0 saturated carbocycles. The van der Waals surface area contributed by atoms with Crippen molar-refractivity contribution in [1.29, 1.82) is 0 Å². The first kappa shape index (κ1) is 28.6. The molecule has 1 heterocycles. The van der Waals surface area contributed by atoms with Gasteiger partial charge in [-0.05, 0) is 67.4 Å². The van der Waals surface area contributed by atoms with E-state index in [9.17, 15) is 18.8 Å². The van der Waals surface area contributed by atoms with Gasteiger partial charge in [-0.1, -0.05) is 28.1 Å². The molecule has 3 aromatic carbocycles. The summed E-state index contributed by atoms with van der Waals surface area (Å²) < 4.78 is 36.4. The van der Waals surface area contributed by atoms with Crippen LogP contribution in [0, 0.1) is 5.82 Å². The van der Waals surface area contributed by atoms with Crippen molar-refractivity contribution in [2.24, 2.45) is 0 Å². The maximum atomic E-state index is 13.6. The van der Waals surface area contributed by atoms with Gasteiger partial charge in [0.2, 0.25) is 0 Å². The number of methoxy groups -OCH3 is 1. The number of rotatable bonds is 10. The van der Waals surface area contributed by atoms with Crippen LogP contribution in [0.1, 0.15) is 25.0 Å². The molecular weight excluding hydrogens is 587 g/mol. The Morgan fingerprint density at radius 2 is 1.70 bits per heavy atom. The van der Waals surface area contributed by atoms with Crippen LogP contribution in [-0.4, -0.2) is 38.2 Å². The Labute approximate surface area is 238 Å². The highest BCUT2D eigenvalue weighted by molar-refractivity contribution is 9.10. The summed E-state index contributed by atoms with van der Waals surface area (Å²) in [6, 6.07) is 13.0. The predicted molar refractivity (Wildman–Crippen MR) is 149 cm³/mol. The van der Waals surface area contributed by atoms with E-state index in [0.717, 1.165) is 4.90 Å². The third-order valence-corrected chi connectivity index (χ3v) is 6.44. The van der Waals surface area contributed by atoms with Crippen molar-refractivity contribution in [3.8, 4) is 23.0 Å². The second-order valence-corrected chi connectivity index (χ2v) is 9.25. The number of nitrogens with zero attached hydrogens (tertiary/aromatic N) is 1. The lowest BCUT2D eigenvalue weighted by Gasteiger charge is -2.28. The third kappa shape index (κ3) is 6.26. The lowest BCUT2D eigenvalue weighted by atomic mass is 10.1. The van der Waals surface area contributed by atoms with Crippen LogP contribution in [0.3, 0.4) is 0 Å². The Morgan fingerprint density at radius 3 is 2.40 bits per heavy atom. The summed E-state index contributed by atoms with van der Waals surface area (Å²) in [5.41, 5.74) is 0.876. The minimum absolute atomic E-state index is 0.0853. The van der Waals surface area contributed by atoms with Gasteiger partial charge in [0.05, 0.1) is 26.0 Å². The lowest BCUT2D eigenvalue weighted by molar-refractivity contribution is -0.122. The van der Waals surface area contributed by atoms with Gasteiger partial charge in [-0.3, -0.25) is 14.9 Å². The Bertz CT molecular complexity index is 1490. The van der Waals surface area contributed by atoms with E-state index in [1.165, 1.54) is 31.4 Å². The Kier molecular flexibility index (Phi) is 9.05. The molecule has 4 rings (SSSR count). The van der Waals surface area contributed by atoms with Gasteiger partial charge in [-0.2, -0.15) is 0 Å². The number of imide groups is 2. The van der Waals surface area contributed by atoms with E-state index in [4.69, 9.17) is 18.9 Å². The van der Waals surface area contributed by atoms with E-state index in [-0.39, 0.29) is 36.0 Å². The van der Waals surface area contributed by atoms with Crippen LogP contribution >= 0.6 is 15.9 Å². The van der Waals surface area contributed by atoms with E-state index in [2.05, 4.69) is 21.2 Å². The fourth-order valence-electron chi connectivity index (χ4n) is 3.96. The molecule has 0 unspecified atom stereocenters. The number of anilines is 1. The zero-order valence-electron chi connectivity index (χ0n) is 22.0. The first-order valence-corrected chi connectivity index (χ1v) is 13.1. The quantitative estimate of drug-likeness (QED) is 0.233. The summed E-state index contributed by atoms with van der Waals surface area (Å²) in [4.78, 5) is 40.0. The number of carbonyl (C=O) groups is 3. The highest BCUT2D eigenvalue weighted by Gasteiger charge is 2.38. The number of benzene rings is 3. The monoisotopic (exact) mass is 612 g/mol. The number of ether oxygens (including phenoxy) is 4. The topological polar surface area (TPSA) is 103 Å². The lowest BCUT2D eigenvalue weighted by Crippen LogP contribution is -2.54. The smallest absolute Gasteiger partial charge is 0.336 e. The average Bonchev–Trinajstić information content (AvgIpc) is 2.92. The number of urea groups is 1. The number of carbonyl (C=O) groups excluding carboxylic acids is 3. The third-order valence-electron chi connectivity index (χ3n) is 5.75. The van der Waals surface area contributed by atoms with Gasteiger partial charge < -0.3 is 18.9 Å². The van der Waals surface area contributed by atoms with Gasteiger partial charge in [-0.15, -0.1) is 0 Å². The summed E-state index contributed by atoms with van der Waals surface area (Å²) in [6.45, 7) is 4.31. The zero-order chi connectivity index (χ0) is 28.8. The summed E-state index contributed by atoms with van der Waals surface area (Å²) in [6.07, 6.45) is 1.34. The van der Waals surface area contributed by atoms with Gasteiger partial charge in [0, 0.05) is 10.5 Å². The summed E-state index contributed by atoms with van der Waals surface area (Å²) >= 11 is 3.45. The van der Waals surface area contributed by atoms with E-state index in [0.29, 0.717) is 39.5 Å². The zero-order valence-corrected chi connectivity index (χ0v) is 23.5. The minimum Gasteiger partial charge on any atom is -0.494 e. The van der Waals surface area contributed by atoms with E-state index < -0.39 is 17.8 Å². The molecule has 0 spiro atoms. The molecule has 4 amide bonds. The van der Waals surface area contributed by atoms with Crippen LogP contribution in [0.15, 0.2) is 64.6 Å². The van der Waals surface area contributed by atoms with Crippen molar-refractivity contribution < 1.29 is 37.7 Å². The van der Waals surface area contributed by atoms with E-state index in [1.54, 1.807) is 50.2 Å². The summed E-state index contributed by atoms with van der Waals surface area (Å²) in [5.74, 6) is -0.728. The molecule has 0 bridgehead atoms. The molecule has 3 aromatic rings. The number of hydrogen-bond donors (Lipinski definition) is 1. The molecular formula is C29H26BrFN2O7. The van der Waals surface area contributed by atoms with Crippen molar-refractivity contribution in [2.45, 2.75) is 20.5 Å². The van der Waals surface area contributed by atoms with E-state index in [1.807, 2.05) is 0 Å². The van der Waals surface area contributed by atoms with Crippen LogP contribution in [0.2, 0.25) is 0 Å². The molecule has 1 saturated heterocycles. The Hall–Kier alpha value is -4.38.